The summed E-state index contributed by atoms with van der Waals surface area (Å²) in [5.41, 5.74) is 0.768. The second-order valence-electron chi connectivity index (χ2n) is 6.48. The largest absolute Gasteiger partial charge is 0.497 e. The SMILES string of the molecule is COc1ccc(NC(=O)CCCCCCC(O)Oc2ccc(OC)cc2)cc1. The lowest BCUT2D eigenvalue weighted by Crippen LogP contribution is -2.15. The van der Waals surface area contributed by atoms with Gasteiger partial charge in [0.15, 0.2) is 6.29 Å². The molecule has 0 aliphatic rings. The Balaban J connectivity index is 1.53. The molecule has 1 unspecified atom stereocenters. The van der Waals surface area contributed by atoms with Crippen molar-refractivity contribution < 1.29 is 24.1 Å². The zero-order valence-electron chi connectivity index (χ0n) is 16.5. The third kappa shape index (κ3) is 7.88. The normalized spacial score (nSPS) is 11.5. The molecule has 0 radical (unpaired) electrons. The van der Waals surface area contributed by atoms with E-state index in [4.69, 9.17) is 14.2 Å². The van der Waals surface area contributed by atoms with Crippen molar-refractivity contribution in [3.05, 3.63) is 48.5 Å². The van der Waals surface area contributed by atoms with Gasteiger partial charge in [-0.2, -0.15) is 0 Å². The molecule has 2 aromatic carbocycles. The van der Waals surface area contributed by atoms with Crippen LogP contribution in [0, 0.1) is 0 Å². The number of anilines is 1. The first kappa shape index (κ1) is 21.6. The number of aliphatic hydroxyl groups excluding tert-OH is 1. The highest BCUT2D eigenvalue weighted by atomic mass is 16.6. The maximum atomic E-state index is 11.9. The molecule has 0 aliphatic heterocycles. The number of methoxy groups -OCH3 is 2. The van der Waals surface area contributed by atoms with E-state index in [0.717, 1.165) is 42.9 Å². The molecule has 2 aromatic rings. The topological polar surface area (TPSA) is 77.0 Å². The molecule has 152 valence electrons. The van der Waals surface area contributed by atoms with Gasteiger partial charge in [0.05, 0.1) is 14.2 Å². The summed E-state index contributed by atoms with van der Waals surface area (Å²) in [6.07, 6.45) is 3.76. The van der Waals surface area contributed by atoms with Gasteiger partial charge in [0.1, 0.15) is 17.2 Å². The van der Waals surface area contributed by atoms with E-state index in [2.05, 4.69) is 5.32 Å². The average Bonchev–Trinajstić information content (AvgIpc) is 2.71. The first-order chi connectivity index (χ1) is 13.6. The zero-order chi connectivity index (χ0) is 20.2. The van der Waals surface area contributed by atoms with Crippen LogP contribution >= 0.6 is 0 Å². The van der Waals surface area contributed by atoms with E-state index in [1.165, 1.54) is 0 Å². The van der Waals surface area contributed by atoms with Gasteiger partial charge in [-0.1, -0.05) is 12.8 Å². The summed E-state index contributed by atoms with van der Waals surface area (Å²) in [4.78, 5) is 11.9. The summed E-state index contributed by atoms with van der Waals surface area (Å²) in [7, 11) is 3.21. The van der Waals surface area contributed by atoms with Gasteiger partial charge < -0.3 is 24.6 Å². The van der Waals surface area contributed by atoms with Crippen LogP contribution in [-0.4, -0.2) is 31.5 Å². The molecule has 2 N–H and O–H groups in total. The number of hydrogen-bond acceptors (Lipinski definition) is 5. The Labute approximate surface area is 166 Å². The first-order valence-corrected chi connectivity index (χ1v) is 9.53. The molecule has 0 bridgehead atoms. The number of ether oxygens (including phenoxy) is 3. The predicted octanol–water partition coefficient (Wildman–Crippen LogP) is 4.38. The molecule has 0 saturated carbocycles. The van der Waals surface area contributed by atoms with Crippen LogP contribution < -0.4 is 19.5 Å². The minimum absolute atomic E-state index is 0.00745. The summed E-state index contributed by atoms with van der Waals surface area (Å²) in [6, 6.07) is 14.4. The van der Waals surface area contributed by atoms with Crippen LogP contribution in [0.15, 0.2) is 48.5 Å². The van der Waals surface area contributed by atoms with Crippen LogP contribution in [-0.2, 0) is 4.79 Å². The van der Waals surface area contributed by atoms with Gasteiger partial charge in [-0.05, 0) is 61.4 Å². The van der Waals surface area contributed by atoms with Crippen LogP contribution in [0.5, 0.6) is 17.2 Å². The van der Waals surface area contributed by atoms with Gasteiger partial charge in [-0.25, -0.2) is 0 Å². The lowest BCUT2D eigenvalue weighted by atomic mass is 10.1. The Morgan fingerprint density at radius 1 is 0.857 bits per heavy atom. The maximum Gasteiger partial charge on any atom is 0.224 e. The molecule has 28 heavy (non-hydrogen) atoms. The van der Waals surface area contributed by atoms with Gasteiger partial charge in [0.2, 0.25) is 5.91 Å². The van der Waals surface area contributed by atoms with Crippen LogP contribution in [0.3, 0.4) is 0 Å². The van der Waals surface area contributed by atoms with Gasteiger partial charge in [-0.3, -0.25) is 4.79 Å². The van der Waals surface area contributed by atoms with Crippen molar-refractivity contribution >= 4 is 11.6 Å². The summed E-state index contributed by atoms with van der Waals surface area (Å²) in [5.74, 6) is 2.13. The van der Waals surface area contributed by atoms with E-state index >= 15 is 0 Å². The second-order valence-corrected chi connectivity index (χ2v) is 6.48. The van der Waals surface area contributed by atoms with Crippen molar-refractivity contribution in [3.8, 4) is 17.2 Å². The Kier molecular flexibility index (Phi) is 9.15. The second kappa shape index (κ2) is 11.9. The quantitative estimate of drug-likeness (QED) is 0.417. The Bertz CT molecular complexity index is 700. The molecule has 6 nitrogen and oxygen atoms in total. The summed E-state index contributed by atoms with van der Waals surface area (Å²) in [6.45, 7) is 0. The van der Waals surface area contributed by atoms with E-state index in [1.54, 1.807) is 38.5 Å². The van der Waals surface area contributed by atoms with Crippen LogP contribution in [0.4, 0.5) is 5.69 Å². The predicted molar refractivity (Wildman–Crippen MR) is 109 cm³/mol. The summed E-state index contributed by atoms with van der Waals surface area (Å²) in [5, 5.41) is 12.8. The maximum absolute atomic E-state index is 11.9. The Morgan fingerprint density at radius 2 is 1.39 bits per heavy atom. The van der Waals surface area contributed by atoms with Gasteiger partial charge in [0, 0.05) is 18.5 Å². The third-order valence-corrected chi connectivity index (χ3v) is 4.31. The fourth-order valence-electron chi connectivity index (χ4n) is 2.73. The van der Waals surface area contributed by atoms with Crippen molar-refractivity contribution in [2.75, 3.05) is 19.5 Å². The smallest absolute Gasteiger partial charge is 0.224 e. The molecular weight excluding hydrogens is 358 g/mol. The zero-order valence-corrected chi connectivity index (χ0v) is 16.5. The monoisotopic (exact) mass is 387 g/mol. The molecule has 0 fully saturated rings. The molecule has 0 saturated heterocycles. The number of benzene rings is 2. The van der Waals surface area contributed by atoms with E-state index in [1.807, 2.05) is 24.3 Å². The Morgan fingerprint density at radius 3 is 2.00 bits per heavy atom. The number of amides is 1. The van der Waals surface area contributed by atoms with Crippen molar-refractivity contribution in [1.82, 2.24) is 0 Å². The molecule has 2 rings (SSSR count). The number of rotatable bonds is 12. The fraction of sp³-hybridized carbons (Fsp3) is 0.409. The number of unbranched alkanes of at least 4 members (excludes halogenated alkanes) is 3. The van der Waals surface area contributed by atoms with E-state index < -0.39 is 6.29 Å². The van der Waals surface area contributed by atoms with Crippen molar-refractivity contribution in [1.29, 1.82) is 0 Å². The van der Waals surface area contributed by atoms with Gasteiger partial charge in [-0.15, -0.1) is 0 Å². The number of hydrogen-bond donors (Lipinski definition) is 2. The fourth-order valence-corrected chi connectivity index (χ4v) is 2.73. The molecule has 0 heterocycles. The highest BCUT2D eigenvalue weighted by molar-refractivity contribution is 5.90. The number of aliphatic hydroxyl groups is 1. The summed E-state index contributed by atoms with van der Waals surface area (Å²) >= 11 is 0. The number of carbonyl (C=O) groups excluding carboxylic acids is 1. The highest BCUT2D eigenvalue weighted by Crippen LogP contribution is 2.19. The van der Waals surface area contributed by atoms with E-state index in [9.17, 15) is 9.90 Å². The Hall–Kier alpha value is -2.73. The molecular formula is C22H29NO5. The van der Waals surface area contributed by atoms with Gasteiger partial charge in [0.25, 0.3) is 0 Å². The van der Waals surface area contributed by atoms with Crippen LogP contribution in [0.1, 0.15) is 38.5 Å². The standard InChI is InChI=1S/C22H29NO5/c1-26-18-11-9-17(10-12-18)23-21(24)7-5-3-4-6-8-22(25)28-20-15-13-19(27-2)14-16-20/h9-16,22,25H,3-8H2,1-2H3,(H,23,24). The molecule has 0 aliphatic carbocycles. The first-order valence-electron chi connectivity index (χ1n) is 9.53. The average molecular weight is 387 g/mol. The minimum atomic E-state index is -0.827. The highest BCUT2D eigenvalue weighted by Gasteiger charge is 2.07. The molecule has 6 heteroatoms. The molecule has 0 aromatic heterocycles. The van der Waals surface area contributed by atoms with Gasteiger partial charge >= 0.3 is 0 Å². The van der Waals surface area contributed by atoms with E-state index in [0.29, 0.717) is 18.6 Å². The third-order valence-electron chi connectivity index (χ3n) is 4.31. The lowest BCUT2D eigenvalue weighted by Gasteiger charge is -2.13. The molecule has 1 amide bonds. The van der Waals surface area contributed by atoms with Crippen LogP contribution in [0.25, 0.3) is 0 Å². The van der Waals surface area contributed by atoms with E-state index in [-0.39, 0.29) is 5.91 Å². The lowest BCUT2D eigenvalue weighted by molar-refractivity contribution is -0.116. The van der Waals surface area contributed by atoms with Crippen molar-refractivity contribution in [2.24, 2.45) is 0 Å². The van der Waals surface area contributed by atoms with Crippen molar-refractivity contribution in [3.63, 3.8) is 0 Å². The van der Waals surface area contributed by atoms with Crippen LogP contribution in [0.2, 0.25) is 0 Å². The number of carbonyl (C=O) groups is 1. The summed E-state index contributed by atoms with van der Waals surface area (Å²) < 4.78 is 15.6. The minimum Gasteiger partial charge on any atom is -0.497 e. The molecule has 0 spiro atoms. The van der Waals surface area contributed by atoms with Crippen molar-refractivity contribution in [2.45, 2.75) is 44.8 Å². The number of nitrogens with one attached hydrogen (secondary N) is 1. The molecule has 1 atom stereocenters.